The van der Waals surface area contributed by atoms with Crippen molar-refractivity contribution in [2.24, 2.45) is 11.8 Å². The molecule has 2 rings (SSSR count). The third-order valence-corrected chi connectivity index (χ3v) is 5.51. The van der Waals surface area contributed by atoms with E-state index in [1.54, 1.807) is 6.07 Å². The van der Waals surface area contributed by atoms with Crippen molar-refractivity contribution in [3.8, 4) is 0 Å². The number of nitrogens with zero attached hydrogens (tertiary/aromatic N) is 1. The van der Waals surface area contributed by atoms with Gasteiger partial charge in [-0.1, -0.05) is 26.0 Å². The molecule has 0 amide bonds. The molecular formula is C19H28N2O3S. The molecule has 2 unspecified atom stereocenters. The van der Waals surface area contributed by atoms with E-state index >= 15 is 0 Å². The van der Waals surface area contributed by atoms with E-state index in [1.807, 2.05) is 32.1 Å². The van der Waals surface area contributed by atoms with Gasteiger partial charge >= 0.3 is 0 Å². The van der Waals surface area contributed by atoms with Crippen LogP contribution in [0.2, 0.25) is 0 Å². The van der Waals surface area contributed by atoms with Gasteiger partial charge in [0.2, 0.25) is 15.9 Å². The molecule has 0 aromatic heterocycles. The second kappa shape index (κ2) is 8.04. The maximum absolute atomic E-state index is 12.2. The molecule has 0 saturated heterocycles. The number of rotatable bonds is 8. The summed E-state index contributed by atoms with van der Waals surface area (Å²) in [6, 6.07) is 5.45. The van der Waals surface area contributed by atoms with E-state index < -0.39 is 10.0 Å². The summed E-state index contributed by atoms with van der Waals surface area (Å²) in [6.07, 6.45) is 7.31. The highest BCUT2D eigenvalue weighted by molar-refractivity contribution is 7.92. The van der Waals surface area contributed by atoms with Gasteiger partial charge in [-0.05, 0) is 55.4 Å². The van der Waals surface area contributed by atoms with E-state index in [0.29, 0.717) is 42.7 Å². The third-order valence-electron chi connectivity index (χ3n) is 4.31. The summed E-state index contributed by atoms with van der Waals surface area (Å²) in [4.78, 5) is 0. The number of hydrogen-bond acceptors (Lipinski definition) is 4. The minimum absolute atomic E-state index is 0.0590. The van der Waals surface area contributed by atoms with Crippen molar-refractivity contribution in [2.45, 2.75) is 33.6 Å². The topological polar surface area (TPSA) is 70.5 Å². The van der Waals surface area contributed by atoms with E-state index in [1.165, 1.54) is 17.0 Å². The molecule has 138 valence electrons. The van der Waals surface area contributed by atoms with Gasteiger partial charge in [0.25, 0.3) is 0 Å². The van der Waals surface area contributed by atoms with E-state index in [4.69, 9.17) is 10.1 Å². The van der Waals surface area contributed by atoms with Crippen LogP contribution in [0, 0.1) is 17.2 Å². The summed E-state index contributed by atoms with van der Waals surface area (Å²) in [5.41, 5.74) is 2.06. The average Bonchev–Trinajstić information content (AvgIpc) is 3.25. The maximum Gasteiger partial charge on any atom is 0.232 e. The Bertz CT molecular complexity index is 756. The molecule has 2 atom stereocenters. The monoisotopic (exact) mass is 364 g/mol. The molecule has 1 aliphatic carbocycles. The van der Waals surface area contributed by atoms with Crippen molar-refractivity contribution >= 4 is 27.7 Å². The predicted octanol–water partition coefficient (Wildman–Crippen LogP) is 3.89. The van der Waals surface area contributed by atoms with E-state index in [-0.39, 0.29) is 5.90 Å². The van der Waals surface area contributed by atoms with Crippen molar-refractivity contribution in [2.75, 3.05) is 23.7 Å². The molecular weight excluding hydrogens is 336 g/mol. The number of hydrogen-bond donors (Lipinski definition) is 1. The van der Waals surface area contributed by atoms with Crippen LogP contribution in [0.1, 0.15) is 44.7 Å². The van der Waals surface area contributed by atoms with Gasteiger partial charge in [-0.2, -0.15) is 0 Å². The van der Waals surface area contributed by atoms with Crippen LogP contribution >= 0.6 is 0 Å². The van der Waals surface area contributed by atoms with Crippen molar-refractivity contribution in [1.82, 2.24) is 0 Å². The molecule has 0 aliphatic heterocycles. The van der Waals surface area contributed by atoms with E-state index in [0.717, 1.165) is 5.56 Å². The van der Waals surface area contributed by atoms with E-state index in [9.17, 15) is 8.42 Å². The first kappa shape index (κ1) is 19.5. The summed E-state index contributed by atoms with van der Waals surface area (Å²) >= 11 is 0. The predicted molar refractivity (Wildman–Crippen MR) is 104 cm³/mol. The van der Waals surface area contributed by atoms with Gasteiger partial charge in [-0.25, -0.2) is 8.42 Å². The number of benzene rings is 1. The average molecular weight is 365 g/mol. The van der Waals surface area contributed by atoms with Crippen molar-refractivity contribution in [3.63, 3.8) is 0 Å². The SMILES string of the molecule is CCCN(c1cc(/C=C\C2CC2C)cc(C(=N)OCC)c1)S(C)(=O)=O. The van der Waals surface area contributed by atoms with Crippen molar-refractivity contribution in [3.05, 3.63) is 35.4 Å². The van der Waals surface area contributed by atoms with Crippen LogP contribution < -0.4 is 4.31 Å². The molecule has 6 heteroatoms. The lowest BCUT2D eigenvalue weighted by atomic mass is 10.1. The van der Waals surface area contributed by atoms with Gasteiger partial charge < -0.3 is 4.74 Å². The smallest absolute Gasteiger partial charge is 0.232 e. The molecule has 25 heavy (non-hydrogen) atoms. The molecule has 0 bridgehead atoms. The Morgan fingerprint density at radius 3 is 2.56 bits per heavy atom. The molecule has 5 nitrogen and oxygen atoms in total. The third kappa shape index (κ3) is 5.33. The standard InChI is InChI=1S/C19H28N2O3S/c1-5-9-21(25(4,22)23)18-12-15(7-8-16-10-14(16)3)11-17(13-18)19(20)24-6-2/h7-8,11-14,16,20H,5-6,9-10H2,1-4H3/b8-7-,20-19?. The first-order chi connectivity index (χ1) is 11.8. The van der Waals surface area contributed by atoms with Gasteiger partial charge in [0.1, 0.15) is 0 Å². The van der Waals surface area contributed by atoms with Gasteiger partial charge in [0.05, 0.1) is 18.6 Å². The highest BCUT2D eigenvalue weighted by atomic mass is 32.2. The molecule has 1 fully saturated rings. The molecule has 1 saturated carbocycles. The molecule has 0 radical (unpaired) electrons. The van der Waals surface area contributed by atoms with Crippen LogP contribution in [0.15, 0.2) is 24.3 Å². The first-order valence-electron chi connectivity index (χ1n) is 8.79. The lowest BCUT2D eigenvalue weighted by Crippen LogP contribution is -2.30. The Labute approximate surface area is 151 Å². The number of allylic oxidation sites excluding steroid dienone is 1. The summed E-state index contributed by atoms with van der Waals surface area (Å²) in [5.74, 6) is 1.37. The van der Waals surface area contributed by atoms with Crippen LogP contribution in [0.3, 0.4) is 0 Å². The normalized spacial score (nSPS) is 19.8. The van der Waals surface area contributed by atoms with Crippen LogP contribution in [0.4, 0.5) is 5.69 Å². The van der Waals surface area contributed by atoms with Crippen molar-refractivity contribution < 1.29 is 13.2 Å². The highest BCUT2D eigenvalue weighted by Gasteiger charge is 2.29. The summed E-state index contributed by atoms with van der Waals surface area (Å²) in [6.45, 7) is 6.80. The fourth-order valence-corrected chi connectivity index (χ4v) is 3.78. The Kier molecular flexibility index (Phi) is 6.27. The van der Waals surface area contributed by atoms with Gasteiger partial charge in [0.15, 0.2) is 0 Å². The van der Waals surface area contributed by atoms with Gasteiger partial charge in [0, 0.05) is 12.1 Å². The van der Waals surface area contributed by atoms with Crippen LogP contribution in [0.5, 0.6) is 0 Å². The summed E-state index contributed by atoms with van der Waals surface area (Å²) in [5, 5.41) is 8.07. The fourth-order valence-electron chi connectivity index (χ4n) is 2.78. The second-order valence-corrected chi connectivity index (χ2v) is 8.55. The molecule has 1 aromatic rings. The molecule has 0 heterocycles. The van der Waals surface area contributed by atoms with Crippen LogP contribution in [-0.2, 0) is 14.8 Å². The molecule has 1 N–H and O–H groups in total. The van der Waals surface area contributed by atoms with Crippen LogP contribution in [-0.4, -0.2) is 33.7 Å². The maximum atomic E-state index is 12.2. The van der Waals surface area contributed by atoms with Gasteiger partial charge in [-0.15, -0.1) is 0 Å². The van der Waals surface area contributed by atoms with Crippen LogP contribution in [0.25, 0.3) is 6.08 Å². The minimum Gasteiger partial charge on any atom is -0.478 e. The zero-order chi connectivity index (χ0) is 18.6. The number of sulfonamides is 1. The quantitative estimate of drug-likeness (QED) is 0.562. The lowest BCUT2D eigenvalue weighted by molar-refractivity contribution is 0.325. The largest absolute Gasteiger partial charge is 0.478 e. The Hall–Kier alpha value is -1.82. The zero-order valence-electron chi connectivity index (χ0n) is 15.5. The highest BCUT2D eigenvalue weighted by Crippen LogP contribution is 2.39. The lowest BCUT2D eigenvalue weighted by Gasteiger charge is -2.23. The molecule has 0 spiro atoms. The Morgan fingerprint density at radius 2 is 2.04 bits per heavy atom. The minimum atomic E-state index is -3.38. The zero-order valence-corrected chi connectivity index (χ0v) is 16.3. The fraction of sp³-hybridized carbons (Fsp3) is 0.526. The second-order valence-electron chi connectivity index (χ2n) is 6.65. The number of ether oxygens (including phenoxy) is 1. The van der Waals surface area contributed by atoms with Crippen molar-refractivity contribution in [1.29, 1.82) is 5.41 Å². The van der Waals surface area contributed by atoms with Gasteiger partial charge in [-0.3, -0.25) is 9.71 Å². The Morgan fingerprint density at radius 1 is 1.36 bits per heavy atom. The first-order valence-corrected chi connectivity index (χ1v) is 10.6. The number of nitrogens with one attached hydrogen (secondary N) is 1. The summed E-state index contributed by atoms with van der Waals surface area (Å²) < 4.78 is 31.1. The summed E-state index contributed by atoms with van der Waals surface area (Å²) in [7, 11) is -3.38. The Balaban J connectivity index is 2.44. The molecule has 1 aliphatic rings. The number of anilines is 1. The molecule has 1 aromatic carbocycles. The van der Waals surface area contributed by atoms with E-state index in [2.05, 4.69) is 13.0 Å².